The van der Waals surface area contributed by atoms with Crippen LogP contribution in [0.4, 0.5) is 0 Å². The predicted molar refractivity (Wildman–Crippen MR) is 102 cm³/mol. The molecule has 2 saturated heterocycles. The van der Waals surface area contributed by atoms with Crippen molar-refractivity contribution in [2.24, 2.45) is 0 Å². The van der Waals surface area contributed by atoms with Gasteiger partial charge in [-0.15, -0.1) is 0 Å². The number of piperazine rings is 1. The van der Waals surface area contributed by atoms with Crippen LogP contribution in [0.2, 0.25) is 0 Å². The molecular formula is C20H27N3O5. The summed E-state index contributed by atoms with van der Waals surface area (Å²) in [6.07, 6.45) is 0.955. The number of benzene rings is 1. The average Bonchev–Trinajstić information content (AvgIpc) is 2.77. The number of carbonyl (C=O) groups is 3. The van der Waals surface area contributed by atoms with Crippen LogP contribution in [0.3, 0.4) is 0 Å². The van der Waals surface area contributed by atoms with Gasteiger partial charge in [0.05, 0.1) is 13.2 Å². The Kier molecular flexibility index (Phi) is 6.86. The Hall–Kier alpha value is -2.61. The summed E-state index contributed by atoms with van der Waals surface area (Å²) in [5.41, 5.74) is 1.21. The molecule has 0 unspecified atom stereocenters. The Morgan fingerprint density at radius 3 is 1.96 bits per heavy atom. The number of morpholine rings is 1. The van der Waals surface area contributed by atoms with Crippen molar-refractivity contribution in [3.8, 4) is 5.75 Å². The molecule has 0 N–H and O–H groups in total. The SMILES string of the molecule is CCc1ccc(OCC(=O)N2CCN(C(=O)C(=O)N3CCOCC3)CC2)cc1. The van der Waals surface area contributed by atoms with Crippen molar-refractivity contribution >= 4 is 17.7 Å². The molecule has 0 aromatic heterocycles. The van der Waals surface area contributed by atoms with E-state index in [0.29, 0.717) is 58.2 Å². The van der Waals surface area contributed by atoms with Gasteiger partial charge in [0, 0.05) is 39.3 Å². The number of amides is 3. The fourth-order valence-electron chi connectivity index (χ4n) is 3.25. The summed E-state index contributed by atoms with van der Waals surface area (Å²) < 4.78 is 10.8. The van der Waals surface area contributed by atoms with Crippen molar-refractivity contribution < 1.29 is 23.9 Å². The van der Waals surface area contributed by atoms with E-state index in [0.717, 1.165) is 6.42 Å². The highest BCUT2D eigenvalue weighted by Gasteiger charge is 2.31. The zero-order chi connectivity index (χ0) is 19.9. The third kappa shape index (κ3) is 5.01. The Bertz CT molecular complexity index is 692. The number of hydrogen-bond donors (Lipinski definition) is 0. The smallest absolute Gasteiger partial charge is 0.312 e. The minimum Gasteiger partial charge on any atom is -0.484 e. The van der Waals surface area contributed by atoms with E-state index in [1.165, 1.54) is 15.4 Å². The fourth-order valence-corrected chi connectivity index (χ4v) is 3.25. The van der Waals surface area contributed by atoms with Crippen LogP contribution in [0.5, 0.6) is 5.75 Å². The highest BCUT2D eigenvalue weighted by Crippen LogP contribution is 2.13. The molecule has 8 nitrogen and oxygen atoms in total. The third-order valence-corrected chi connectivity index (χ3v) is 5.09. The zero-order valence-electron chi connectivity index (χ0n) is 16.3. The highest BCUT2D eigenvalue weighted by molar-refractivity contribution is 6.34. The molecule has 0 bridgehead atoms. The molecule has 1 aromatic carbocycles. The van der Waals surface area contributed by atoms with Crippen molar-refractivity contribution in [2.45, 2.75) is 13.3 Å². The van der Waals surface area contributed by atoms with Gasteiger partial charge in [0.1, 0.15) is 5.75 Å². The summed E-state index contributed by atoms with van der Waals surface area (Å²) in [5, 5.41) is 0. The number of rotatable bonds is 4. The van der Waals surface area contributed by atoms with Gasteiger partial charge in [0.15, 0.2) is 6.61 Å². The molecule has 28 heavy (non-hydrogen) atoms. The maximum Gasteiger partial charge on any atom is 0.312 e. The van der Waals surface area contributed by atoms with Crippen LogP contribution in [0, 0.1) is 0 Å². The van der Waals surface area contributed by atoms with E-state index in [-0.39, 0.29) is 12.5 Å². The number of carbonyl (C=O) groups excluding carboxylic acids is 3. The fraction of sp³-hybridized carbons (Fsp3) is 0.550. The van der Waals surface area contributed by atoms with Gasteiger partial charge in [-0.25, -0.2) is 0 Å². The number of nitrogens with zero attached hydrogens (tertiary/aromatic N) is 3. The first-order valence-corrected chi connectivity index (χ1v) is 9.74. The minimum absolute atomic E-state index is 0.0356. The topological polar surface area (TPSA) is 79.4 Å². The van der Waals surface area contributed by atoms with Crippen molar-refractivity contribution in [3.05, 3.63) is 29.8 Å². The average molecular weight is 389 g/mol. The van der Waals surface area contributed by atoms with E-state index in [4.69, 9.17) is 9.47 Å². The lowest BCUT2D eigenvalue weighted by atomic mass is 10.2. The molecule has 1 aromatic rings. The molecule has 2 heterocycles. The predicted octanol–water partition coefficient (Wildman–Crippen LogP) is 0.157. The molecule has 0 spiro atoms. The molecule has 2 aliphatic heterocycles. The van der Waals surface area contributed by atoms with E-state index in [1.807, 2.05) is 24.3 Å². The Balaban J connectivity index is 1.42. The summed E-state index contributed by atoms with van der Waals surface area (Å²) in [6, 6.07) is 7.69. The monoisotopic (exact) mass is 389 g/mol. The van der Waals surface area contributed by atoms with Gasteiger partial charge in [-0.3, -0.25) is 14.4 Å². The molecule has 3 rings (SSSR count). The van der Waals surface area contributed by atoms with Crippen molar-refractivity contribution in [2.75, 3.05) is 59.1 Å². The van der Waals surface area contributed by atoms with Gasteiger partial charge >= 0.3 is 11.8 Å². The normalized spacial score (nSPS) is 17.4. The van der Waals surface area contributed by atoms with Gasteiger partial charge in [-0.05, 0) is 24.1 Å². The standard InChI is InChI=1S/C20H27N3O5/c1-2-16-3-5-17(6-4-16)28-15-18(24)21-7-9-22(10-8-21)19(25)20(26)23-11-13-27-14-12-23/h3-6H,2,7-15H2,1H3. The molecule has 3 amide bonds. The molecule has 8 heteroatoms. The lowest BCUT2D eigenvalue weighted by Crippen LogP contribution is -2.56. The first kappa shape index (κ1) is 20.1. The minimum atomic E-state index is -0.499. The van der Waals surface area contributed by atoms with Gasteiger partial charge in [0.25, 0.3) is 5.91 Å². The number of aryl methyl sites for hydroxylation is 1. The zero-order valence-corrected chi connectivity index (χ0v) is 16.3. The molecular weight excluding hydrogens is 362 g/mol. The van der Waals surface area contributed by atoms with Crippen molar-refractivity contribution in [3.63, 3.8) is 0 Å². The third-order valence-electron chi connectivity index (χ3n) is 5.09. The first-order valence-electron chi connectivity index (χ1n) is 9.74. The second-order valence-electron chi connectivity index (χ2n) is 6.86. The van der Waals surface area contributed by atoms with E-state index >= 15 is 0 Å². The second kappa shape index (κ2) is 9.54. The Morgan fingerprint density at radius 1 is 0.857 bits per heavy atom. The van der Waals surface area contributed by atoms with Gasteiger partial charge in [0.2, 0.25) is 0 Å². The lowest BCUT2D eigenvalue weighted by molar-refractivity contribution is -0.155. The van der Waals surface area contributed by atoms with E-state index in [2.05, 4.69) is 6.92 Å². The summed E-state index contributed by atoms with van der Waals surface area (Å²) in [6.45, 7) is 5.37. The first-order chi connectivity index (χ1) is 13.6. The van der Waals surface area contributed by atoms with Crippen LogP contribution >= 0.6 is 0 Å². The van der Waals surface area contributed by atoms with Crippen molar-refractivity contribution in [1.82, 2.24) is 14.7 Å². The van der Waals surface area contributed by atoms with Crippen LogP contribution in [-0.2, 0) is 25.5 Å². The van der Waals surface area contributed by atoms with Crippen LogP contribution < -0.4 is 4.74 Å². The maximum absolute atomic E-state index is 12.4. The van der Waals surface area contributed by atoms with Crippen LogP contribution in [0.1, 0.15) is 12.5 Å². The Labute approximate surface area is 165 Å². The quantitative estimate of drug-likeness (QED) is 0.686. The van der Waals surface area contributed by atoms with Crippen LogP contribution in [-0.4, -0.2) is 91.5 Å². The molecule has 0 radical (unpaired) electrons. The lowest BCUT2D eigenvalue weighted by Gasteiger charge is -2.35. The molecule has 0 saturated carbocycles. The summed E-state index contributed by atoms with van der Waals surface area (Å²) in [4.78, 5) is 41.8. The number of hydrogen-bond acceptors (Lipinski definition) is 5. The summed E-state index contributed by atoms with van der Waals surface area (Å²) in [5.74, 6) is -0.440. The van der Waals surface area contributed by atoms with E-state index < -0.39 is 11.8 Å². The molecule has 0 aliphatic carbocycles. The molecule has 2 aliphatic rings. The largest absolute Gasteiger partial charge is 0.484 e. The summed E-state index contributed by atoms with van der Waals surface area (Å²) >= 11 is 0. The highest BCUT2D eigenvalue weighted by atomic mass is 16.5. The van der Waals surface area contributed by atoms with Crippen molar-refractivity contribution in [1.29, 1.82) is 0 Å². The molecule has 2 fully saturated rings. The molecule has 0 atom stereocenters. The maximum atomic E-state index is 12.4. The van der Waals surface area contributed by atoms with Crippen LogP contribution in [0.25, 0.3) is 0 Å². The van der Waals surface area contributed by atoms with Gasteiger partial charge in [-0.1, -0.05) is 19.1 Å². The summed E-state index contributed by atoms with van der Waals surface area (Å²) in [7, 11) is 0. The van der Waals surface area contributed by atoms with E-state index in [1.54, 1.807) is 4.90 Å². The number of ether oxygens (including phenoxy) is 2. The van der Waals surface area contributed by atoms with E-state index in [9.17, 15) is 14.4 Å². The van der Waals surface area contributed by atoms with Crippen LogP contribution in [0.15, 0.2) is 24.3 Å². The Morgan fingerprint density at radius 2 is 1.39 bits per heavy atom. The molecule has 152 valence electrons. The van der Waals surface area contributed by atoms with Gasteiger partial charge < -0.3 is 24.2 Å². The second-order valence-corrected chi connectivity index (χ2v) is 6.86. The van der Waals surface area contributed by atoms with Gasteiger partial charge in [-0.2, -0.15) is 0 Å².